The van der Waals surface area contributed by atoms with Crippen LogP contribution in [0.3, 0.4) is 0 Å². The van der Waals surface area contributed by atoms with Crippen LogP contribution < -0.4 is 9.47 Å². The standard InChI is InChI=1S/C14H14N2O3/c1-18-12-5-4-10(9-13(12)19-2)8-11(17)14-15-6-3-7-16-14/h3-7,9H,8H2,1-2H3. The second-order valence-electron chi connectivity index (χ2n) is 3.86. The molecule has 5 heteroatoms. The van der Waals surface area contributed by atoms with Gasteiger partial charge in [-0.3, -0.25) is 4.79 Å². The number of aromatic nitrogens is 2. The summed E-state index contributed by atoms with van der Waals surface area (Å²) < 4.78 is 10.3. The van der Waals surface area contributed by atoms with Crippen molar-refractivity contribution in [2.45, 2.75) is 6.42 Å². The highest BCUT2D eigenvalue weighted by molar-refractivity contribution is 5.94. The molecule has 0 N–H and O–H groups in total. The zero-order valence-corrected chi connectivity index (χ0v) is 10.8. The molecule has 0 aliphatic rings. The van der Waals surface area contributed by atoms with E-state index in [4.69, 9.17) is 9.47 Å². The quantitative estimate of drug-likeness (QED) is 0.767. The first-order chi connectivity index (χ1) is 9.24. The number of hydrogen-bond donors (Lipinski definition) is 0. The molecule has 0 amide bonds. The zero-order valence-electron chi connectivity index (χ0n) is 10.8. The Balaban J connectivity index is 2.18. The normalized spacial score (nSPS) is 10.0. The highest BCUT2D eigenvalue weighted by atomic mass is 16.5. The van der Waals surface area contributed by atoms with E-state index < -0.39 is 0 Å². The predicted molar refractivity (Wildman–Crippen MR) is 69.6 cm³/mol. The lowest BCUT2D eigenvalue weighted by Crippen LogP contribution is -2.08. The van der Waals surface area contributed by atoms with E-state index in [2.05, 4.69) is 9.97 Å². The molecule has 1 heterocycles. The molecule has 0 atom stereocenters. The van der Waals surface area contributed by atoms with Crippen LogP contribution in [-0.2, 0) is 6.42 Å². The summed E-state index contributed by atoms with van der Waals surface area (Å²) in [4.78, 5) is 19.8. The fourth-order valence-electron chi connectivity index (χ4n) is 1.70. The minimum Gasteiger partial charge on any atom is -0.493 e. The number of nitrogens with zero attached hydrogens (tertiary/aromatic N) is 2. The maximum Gasteiger partial charge on any atom is 0.204 e. The molecule has 5 nitrogen and oxygen atoms in total. The summed E-state index contributed by atoms with van der Waals surface area (Å²) in [7, 11) is 3.13. The summed E-state index contributed by atoms with van der Waals surface area (Å²) in [6, 6.07) is 7.04. The maximum absolute atomic E-state index is 12.0. The Morgan fingerprint density at radius 1 is 1.11 bits per heavy atom. The molecular formula is C14H14N2O3. The number of Topliss-reactive ketones (excluding diaryl/α,β-unsaturated/α-hetero) is 1. The van der Waals surface area contributed by atoms with Crippen LogP contribution in [0.1, 0.15) is 16.2 Å². The number of carbonyl (C=O) groups excluding carboxylic acids is 1. The lowest BCUT2D eigenvalue weighted by molar-refractivity contribution is 0.0983. The van der Waals surface area contributed by atoms with Crippen LogP contribution in [0.2, 0.25) is 0 Å². The van der Waals surface area contributed by atoms with E-state index in [1.165, 1.54) is 0 Å². The van der Waals surface area contributed by atoms with E-state index in [0.717, 1.165) is 5.56 Å². The molecular weight excluding hydrogens is 244 g/mol. The molecule has 0 aliphatic heterocycles. The van der Waals surface area contributed by atoms with Crippen LogP contribution in [0.5, 0.6) is 11.5 Å². The molecule has 0 saturated carbocycles. The summed E-state index contributed by atoms with van der Waals surface area (Å²) in [6.45, 7) is 0. The zero-order chi connectivity index (χ0) is 13.7. The number of ether oxygens (including phenoxy) is 2. The van der Waals surface area contributed by atoms with Gasteiger partial charge in [0, 0.05) is 18.8 Å². The molecule has 0 spiro atoms. The highest BCUT2D eigenvalue weighted by Crippen LogP contribution is 2.27. The van der Waals surface area contributed by atoms with Gasteiger partial charge in [-0.1, -0.05) is 6.07 Å². The number of carbonyl (C=O) groups is 1. The molecule has 0 unspecified atom stereocenters. The predicted octanol–water partition coefficient (Wildman–Crippen LogP) is 1.92. The average Bonchev–Trinajstić information content (AvgIpc) is 2.48. The van der Waals surface area contributed by atoms with Crippen molar-refractivity contribution in [3.63, 3.8) is 0 Å². The van der Waals surface area contributed by atoms with Crippen LogP contribution in [0.4, 0.5) is 0 Å². The molecule has 0 bridgehead atoms. The molecule has 1 aromatic carbocycles. The van der Waals surface area contributed by atoms with E-state index in [9.17, 15) is 4.79 Å². The van der Waals surface area contributed by atoms with Gasteiger partial charge < -0.3 is 9.47 Å². The molecule has 0 radical (unpaired) electrons. The lowest BCUT2D eigenvalue weighted by atomic mass is 10.1. The maximum atomic E-state index is 12.0. The van der Waals surface area contributed by atoms with E-state index in [1.54, 1.807) is 44.8 Å². The van der Waals surface area contributed by atoms with Gasteiger partial charge in [-0.25, -0.2) is 9.97 Å². The summed E-state index contributed by atoms with van der Waals surface area (Å²) in [6.07, 6.45) is 3.33. The molecule has 0 fully saturated rings. The SMILES string of the molecule is COc1ccc(CC(=O)c2ncccn2)cc1OC. The van der Waals surface area contributed by atoms with E-state index >= 15 is 0 Å². The van der Waals surface area contributed by atoms with Gasteiger partial charge in [0.15, 0.2) is 17.3 Å². The molecule has 0 aliphatic carbocycles. The highest BCUT2D eigenvalue weighted by Gasteiger charge is 2.11. The van der Waals surface area contributed by atoms with Gasteiger partial charge in [-0.2, -0.15) is 0 Å². The van der Waals surface area contributed by atoms with Crippen molar-refractivity contribution in [2.75, 3.05) is 14.2 Å². The largest absolute Gasteiger partial charge is 0.493 e. The third-order valence-corrected chi connectivity index (χ3v) is 2.63. The van der Waals surface area contributed by atoms with Gasteiger partial charge in [-0.05, 0) is 23.8 Å². The second-order valence-corrected chi connectivity index (χ2v) is 3.86. The van der Waals surface area contributed by atoms with Crippen molar-refractivity contribution in [2.24, 2.45) is 0 Å². The van der Waals surface area contributed by atoms with Crippen LogP contribution >= 0.6 is 0 Å². The third-order valence-electron chi connectivity index (χ3n) is 2.63. The molecule has 1 aromatic heterocycles. The van der Waals surface area contributed by atoms with Gasteiger partial charge >= 0.3 is 0 Å². The molecule has 2 aromatic rings. The Hall–Kier alpha value is -2.43. The Bertz CT molecular complexity index is 570. The van der Waals surface area contributed by atoms with Crippen LogP contribution in [-0.4, -0.2) is 30.0 Å². The fraction of sp³-hybridized carbons (Fsp3) is 0.214. The summed E-state index contributed by atoms with van der Waals surface area (Å²) in [5, 5.41) is 0. The van der Waals surface area contributed by atoms with E-state index in [1.807, 2.05) is 6.07 Å². The van der Waals surface area contributed by atoms with Gasteiger partial charge in [0.25, 0.3) is 0 Å². The first kappa shape index (κ1) is 13.0. The van der Waals surface area contributed by atoms with Crippen molar-refractivity contribution < 1.29 is 14.3 Å². The van der Waals surface area contributed by atoms with Crippen LogP contribution in [0.25, 0.3) is 0 Å². The van der Waals surface area contributed by atoms with Gasteiger partial charge in [0.1, 0.15) is 0 Å². The Morgan fingerprint density at radius 3 is 2.42 bits per heavy atom. The van der Waals surface area contributed by atoms with Gasteiger partial charge in [0.05, 0.1) is 14.2 Å². The number of rotatable bonds is 5. The fourth-order valence-corrected chi connectivity index (χ4v) is 1.70. The lowest BCUT2D eigenvalue weighted by Gasteiger charge is -2.08. The molecule has 98 valence electrons. The first-order valence-electron chi connectivity index (χ1n) is 5.75. The van der Waals surface area contributed by atoms with Crippen LogP contribution in [0, 0.1) is 0 Å². The number of benzene rings is 1. The number of methoxy groups -OCH3 is 2. The van der Waals surface area contributed by atoms with Gasteiger partial charge in [-0.15, -0.1) is 0 Å². The molecule has 0 saturated heterocycles. The van der Waals surface area contributed by atoms with Crippen molar-refractivity contribution >= 4 is 5.78 Å². The van der Waals surface area contributed by atoms with Gasteiger partial charge in [0.2, 0.25) is 5.78 Å². The van der Waals surface area contributed by atoms with E-state index in [-0.39, 0.29) is 18.0 Å². The third kappa shape index (κ3) is 3.07. The Labute approximate surface area is 111 Å². The average molecular weight is 258 g/mol. The van der Waals surface area contributed by atoms with Crippen molar-refractivity contribution in [3.8, 4) is 11.5 Å². The van der Waals surface area contributed by atoms with Crippen molar-refractivity contribution in [1.29, 1.82) is 0 Å². The minimum absolute atomic E-state index is 0.132. The summed E-state index contributed by atoms with van der Waals surface area (Å²) in [5.41, 5.74) is 0.829. The smallest absolute Gasteiger partial charge is 0.204 e. The molecule has 2 rings (SSSR count). The second kappa shape index (κ2) is 5.95. The monoisotopic (exact) mass is 258 g/mol. The first-order valence-corrected chi connectivity index (χ1v) is 5.75. The summed E-state index contributed by atoms with van der Waals surface area (Å²) >= 11 is 0. The van der Waals surface area contributed by atoms with Crippen LogP contribution in [0.15, 0.2) is 36.7 Å². The minimum atomic E-state index is -0.132. The van der Waals surface area contributed by atoms with Crippen molar-refractivity contribution in [3.05, 3.63) is 48.0 Å². The topological polar surface area (TPSA) is 61.3 Å². The van der Waals surface area contributed by atoms with E-state index in [0.29, 0.717) is 11.5 Å². The summed E-state index contributed by atoms with van der Waals surface area (Å²) in [5.74, 6) is 1.32. The van der Waals surface area contributed by atoms with Crippen molar-refractivity contribution in [1.82, 2.24) is 9.97 Å². The number of hydrogen-bond acceptors (Lipinski definition) is 5. The Kier molecular flexibility index (Phi) is 4.07. The number of ketones is 1. The molecule has 19 heavy (non-hydrogen) atoms. The Morgan fingerprint density at radius 2 is 1.79 bits per heavy atom.